The number of aryl methyl sites for hydroxylation is 1. The molecule has 0 unspecified atom stereocenters. The van der Waals surface area contributed by atoms with E-state index in [2.05, 4.69) is 35.7 Å². The van der Waals surface area contributed by atoms with Crippen molar-refractivity contribution in [1.82, 2.24) is 30.0 Å². The zero-order valence-corrected chi connectivity index (χ0v) is 15.6. The van der Waals surface area contributed by atoms with Gasteiger partial charge in [-0.05, 0) is 43.5 Å². The summed E-state index contributed by atoms with van der Waals surface area (Å²) in [5.74, 6) is 0.701. The molecule has 2 aromatic heterocycles. The minimum Gasteiger partial charge on any atom is -0.339 e. The van der Waals surface area contributed by atoms with Gasteiger partial charge in [-0.2, -0.15) is 0 Å². The molecule has 1 atom stereocenters. The molecule has 1 aliphatic rings. The van der Waals surface area contributed by atoms with E-state index in [1.807, 2.05) is 25.1 Å². The van der Waals surface area contributed by atoms with Crippen LogP contribution in [0.3, 0.4) is 0 Å². The molecule has 28 heavy (non-hydrogen) atoms. The van der Waals surface area contributed by atoms with Crippen LogP contribution in [0.5, 0.6) is 0 Å². The summed E-state index contributed by atoms with van der Waals surface area (Å²) in [7, 11) is 0. The number of nitrogens with zero attached hydrogens (tertiary/aromatic N) is 6. The Kier molecular flexibility index (Phi) is 5.14. The number of aromatic nitrogens is 5. The fraction of sp³-hybridized carbons (Fsp3) is 0.316. The van der Waals surface area contributed by atoms with Gasteiger partial charge in [0.05, 0.1) is 5.69 Å². The summed E-state index contributed by atoms with van der Waals surface area (Å²) in [5.41, 5.74) is 2.62. The average Bonchev–Trinajstić information content (AvgIpc) is 3.25. The van der Waals surface area contributed by atoms with Crippen molar-refractivity contribution in [2.45, 2.75) is 25.8 Å². The van der Waals surface area contributed by atoms with E-state index in [0.717, 1.165) is 36.3 Å². The Labute approximate surface area is 162 Å². The molecular weight excluding hydrogens is 356 g/mol. The largest absolute Gasteiger partial charge is 0.339 e. The normalized spacial score (nSPS) is 16.6. The lowest BCUT2D eigenvalue weighted by Crippen LogP contribution is -2.49. The molecule has 144 valence electrons. The summed E-state index contributed by atoms with van der Waals surface area (Å²) < 4.78 is 1.79. The van der Waals surface area contributed by atoms with Crippen LogP contribution in [0, 0.1) is 6.92 Å². The number of hydrogen-bond donors (Lipinski definition) is 2. The molecule has 0 aliphatic carbocycles. The molecule has 1 aliphatic heterocycles. The van der Waals surface area contributed by atoms with Gasteiger partial charge in [-0.25, -0.2) is 14.8 Å². The van der Waals surface area contributed by atoms with Crippen molar-refractivity contribution in [3.63, 3.8) is 0 Å². The highest BCUT2D eigenvalue weighted by Gasteiger charge is 2.23. The van der Waals surface area contributed by atoms with Crippen molar-refractivity contribution < 1.29 is 4.79 Å². The van der Waals surface area contributed by atoms with Gasteiger partial charge in [0.25, 0.3) is 0 Å². The Balaban J connectivity index is 1.40. The molecule has 0 radical (unpaired) electrons. The summed E-state index contributed by atoms with van der Waals surface area (Å²) in [6.45, 7) is 3.54. The first-order valence-electron chi connectivity index (χ1n) is 9.24. The van der Waals surface area contributed by atoms with E-state index >= 15 is 0 Å². The summed E-state index contributed by atoms with van der Waals surface area (Å²) >= 11 is 0. The Morgan fingerprint density at radius 2 is 1.96 bits per heavy atom. The van der Waals surface area contributed by atoms with E-state index in [4.69, 9.17) is 0 Å². The first-order chi connectivity index (χ1) is 13.7. The maximum atomic E-state index is 12.6. The highest BCUT2D eigenvalue weighted by atomic mass is 16.2. The van der Waals surface area contributed by atoms with Crippen molar-refractivity contribution in [3.8, 4) is 5.69 Å². The molecule has 2 N–H and O–H groups in total. The van der Waals surface area contributed by atoms with E-state index in [1.165, 1.54) is 0 Å². The zero-order chi connectivity index (χ0) is 19.3. The maximum Gasteiger partial charge on any atom is 0.319 e. The quantitative estimate of drug-likeness (QED) is 0.721. The van der Waals surface area contributed by atoms with E-state index in [9.17, 15) is 4.79 Å². The van der Waals surface area contributed by atoms with Gasteiger partial charge in [-0.15, -0.1) is 10.2 Å². The van der Waals surface area contributed by atoms with Crippen LogP contribution in [0.2, 0.25) is 0 Å². The molecule has 0 spiro atoms. The molecule has 9 heteroatoms. The van der Waals surface area contributed by atoms with Gasteiger partial charge in [-0.1, -0.05) is 6.07 Å². The molecule has 3 heterocycles. The first-order valence-corrected chi connectivity index (χ1v) is 9.24. The Hall–Kier alpha value is -3.49. The maximum absolute atomic E-state index is 12.6. The van der Waals surface area contributed by atoms with E-state index in [1.54, 1.807) is 35.7 Å². The highest BCUT2D eigenvalue weighted by molar-refractivity contribution is 5.90. The highest BCUT2D eigenvalue weighted by Crippen LogP contribution is 2.20. The summed E-state index contributed by atoms with van der Waals surface area (Å²) in [6, 6.07) is 7.44. The third-order valence-electron chi connectivity index (χ3n) is 4.78. The standard InChI is InChI=1S/C19H22N8O/c1-14-5-6-16(27-12-22-23-13-27)10-17(14)25-19(28)24-15-4-2-9-26(11-15)18-20-7-3-8-21-18/h3,5-8,10,12-13,15H,2,4,9,11H2,1H3,(H2,24,25,28)/t15-/m1/s1. The minimum atomic E-state index is -0.218. The second-order valence-electron chi connectivity index (χ2n) is 6.80. The lowest BCUT2D eigenvalue weighted by atomic mass is 10.1. The smallest absolute Gasteiger partial charge is 0.319 e. The zero-order valence-electron chi connectivity index (χ0n) is 15.6. The SMILES string of the molecule is Cc1ccc(-n2cnnc2)cc1NC(=O)N[C@@H]1CCCN(c2ncccn2)C1. The van der Waals surface area contributed by atoms with E-state index in [-0.39, 0.29) is 12.1 Å². The number of hydrogen-bond acceptors (Lipinski definition) is 6. The van der Waals surface area contributed by atoms with Crippen LogP contribution < -0.4 is 15.5 Å². The van der Waals surface area contributed by atoms with Crippen LogP contribution >= 0.6 is 0 Å². The van der Waals surface area contributed by atoms with Crippen molar-refractivity contribution in [2.75, 3.05) is 23.3 Å². The second-order valence-corrected chi connectivity index (χ2v) is 6.80. The van der Waals surface area contributed by atoms with Gasteiger partial charge in [-0.3, -0.25) is 4.57 Å². The molecule has 1 saturated heterocycles. The lowest BCUT2D eigenvalue weighted by Gasteiger charge is -2.33. The van der Waals surface area contributed by atoms with Crippen LogP contribution in [0.4, 0.5) is 16.4 Å². The van der Waals surface area contributed by atoms with Crippen LogP contribution in [-0.2, 0) is 0 Å². The van der Waals surface area contributed by atoms with Crippen molar-refractivity contribution >= 4 is 17.7 Å². The average molecular weight is 378 g/mol. The molecule has 4 rings (SSSR count). The lowest BCUT2D eigenvalue weighted by molar-refractivity contribution is 0.246. The number of carbonyl (C=O) groups is 1. The number of piperidine rings is 1. The third kappa shape index (κ3) is 4.08. The fourth-order valence-corrected chi connectivity index (χ4v) is 3.31. The number of carbonyl (C=O) groups excluding carboxylic acids is 1. The molecule has 0 bridgehead atoms. The molecule has 9 nitrogen and oxygen atoms in total. The Morgan fingerprint density at radius 1 is 1.18 bits per heavy atom. The monoisotopic (exact) mass is 378 g/mol. The number of urea groups is 1. The number of anilines is 2. The molecule has 3 aromatic rings. The Bertz CT molecular complexity index is 928. The van der Waals surface area contributed by atoms with Crippen LogP contribution in [0.1, 0.15) is 18.4 Å². The van der Waals surface area contributed by atoms with Crippen molar-refractivity contribution in [1.29, 1.82) is 0 Å². The van der Waals surface area contributed by atoms with Gasteiger partial charge in [0.1, 0.15) is 12.7 Å². The second kappa shape index (κ2) is 8.03. The molecule has 1 fully saturated rings. The third-order valence-corrected chi connectivity index (χ3v) is 4.78. The predicted molar refractivity (Wildman–Crippen MR) is 106 cm³/mol. The summed E-state index contributed by atoms with van der Waals surface area (Å²) in [4.78, 5) is 23.3. The van der Waals surface area contributed by atoms with Gasteiger partial charge >= 0.3 is 6.03 Å². The van der Waals surface area contributed by atoms with Gasteiger partial charge in [0.2, 0.25) is 5.95 Å². The number of nitrogens with one attached hydrogen (secondary N) is 2. The van der Waals surface area contributed by atoms with Crippen molar-refractivity contribution in [3.05, 3.63) is 54.9 Å². The van der Waals surface area contributed by atoms with E-state index < -0.39 is 0 Å². The van der Waals surface area contributed by atoms with Crippen molar-refractivity contribution in [2.24, 2.45) is 0 Å². The summed E-state index contributed by atoms with van der Waals surface area (Å²) in [6.07, 6.45) is 8.62. The topological polar surface area (TPSA) is 101 Å². The van der Waals surface area contributed by atoms with Crippen LogP contribution in [-0.4, -0.2) is 49.9 Å². The summed E-state index contributed by atoms with van der Waals surface area (Å²) in [5, 5.41) is 13.7. The van der Waals surface area contributed by atoms with Crippen LogP contribution in [0.25, 0.3) is 5.69 Å². The van der Waals surface area contributed by atoms with E-state index in [0.29, 0.717) is 12.5 Å². The fourth-order valence-electron chi connectivity index (χ4n) is 3.31. The molecular formula is C19H22N8O. The van der Waals surface area contributed by atoms with Crippen LogP contribution in [0.15, 0.2) is 49.3 Å². The Morgan fingerprint density at radius 3 is 2.75 bits per heavy atom. The van der Waals surface area contributed by atoms with Gasteiger partial charge < -0.3 is 15.5 Å². The minimum absolute atomic E-state index is 0.0406. The first kappa shape index (κ1) is 17.9. The molecule has 2 amide bonds. The van der Waals surface area contributed by atoms with Gasteiger partial charge in [0, 0.05) is 37.2 Å². The molecule has 0 saturated carbocycles. The van der Waals surface area contributed by atoms with Gasteiger partial charge in [0.15, 0.2) is 0 Å². The predicted octanol–water partition coefficient (Wildman–Crippen LogP) is 2.16. The number of benzene rings is 1. The number of amides is 2. The number of rotatable bonds is 4. The molecule has 1 aromatic carbocycles.